The van der Waals surface area contributed by atoms with Gasteiger partial charge in [-0.1, -0.05) is 13.8 Å². The average molecular weight is 300 g/mol. The Morgan fingerprint density at radius 1 is 1.30 bits per heavy atom. The number of piperazine rings is 1. The minimum absolute atomic E-state index is 0.0310. The van der Waals surface area contributed by atoms with E-state index in [-0.39, 0.29) is 17.9 Å². The maximum absolute atomic E-state index is 12.6. The smallest absolute Gasteiger partial charge is 0.246 e. The van der Waals surface area contributed by atoms with Crippen molar-refractivity contribution in [1.29, 1.82) is 0 Å². The van der Waals surface area contributed by atoms with E-state index in [1.54, 1.807) is 11.8 Å². The predicted molar refractivity (Wildman–Crippen MR) is 78.6 cm³/mol. The molecule has 0 aliphatic carbocycles. The van der Waals surface area contributed by atoms with Crippen LogP contribution in [-0.2, 0) is 20.4 Å². The van der Waals surface area contributed by atoms with Gasteiger partial charge in [0, 0.05) is 28.3 Å². The highest BCUT2D eigenvalue weighted by Gasteiger charge is 2.42. The molecule has 2 aliphatic heterocycles. The summed E-state index contributed by atoms with van der Waals surface area (Å²) in [5, 5.41) is 2.83. The summed E-state index contributed by atoms with van der Waals surface area (Å²) in [5.74, 6) is 1.60. The van der Waals surface area contributed by atoms with E-state index < -0.39 is 22.9 Å². The lowest BCUT2D eigenvalue weighted by Crippen LogP contribution is -2.65. The molecule has 2 atom stereocenters. The van der Waals surface area contributed by atoms with Crippen molar-refractivity contribution in [1.82, 2.24) is 10.2 Å². The van der Waals surface area contributed by atoms with E-state index in [1.807, 2.05) is 13.8 Å². The number of nitrogens with zero attached hydrogens (tertiary/aromatic N) is 1. The molecule has 5 nitrogen and oxygen atoms in total. The molecule has 2 unspecified atom stereocenters. The Kier molecular flexibility index (Phi) is 4.83. The highest BCUT2D eigenvalue weighted by molar-refractivity contribution is 7.85. The lowest BCUT2D eigenvalue weighted by molar-refractivity contribution is -0.152. The molecule has 0 spiro atoms. The van der Waals surface area contributed by atoms with Crippen molar-refractivity contribution in [3.8, 4) is 0 Å². The Labute approximate surface area is 122 Å². The summed E-state index contributed by atoms with van der Waals surface area (Å²) < 4.78 is 11.5. The maximum Gasteiger partial charge on any atom is 0.246 e. The van der Waals surface area contributed by atoms with Crippen molar-refractivity contribution >= 4 is 22.6 Å². The molecule has 1 N–H and O–H groups in total. The van der Waals surface area contributed by atoms with Gasteiger partial charge in [-0.3, -0.25) is 13.8 Å². The molecular weight excluding hydrogens is 276 g/mol. The van der Waals surface area contributed by atoms with Crippen LogP contribution in [0, 0.1) is 5.92 Å². The van der Waals surface area contributed by atoms with Crippen molar-refractivity contribution in [2.45, 2.75) is 58.2 Å². The Hall–Kier alpha value is -0.910. The molecule has 0 aromatic carbocycles. The fourth-order valence-electron chi connectivity index (χ4n) is 3.04. The van der Waals surface area contributed by atoms with Crippen LogP contribution in [0.25, 0.3) is 0 Å². The Balaban J connectivity index is 2.13. The topological polar surface area (TPSA) is 66.5 Å². The van der Waals surface area contributed by atoms with E-state index in [0.29, 0.717) is 23.8 Å². The Bertz CT molecular complexity index is 415. The lowest BCUT2D eigenvalue weighted by atomic mass is 9.96. The summed E-state index contributed by atoms with van der Waals surface area (Å²) in [7, 11) is -0.753. The number of rotatable bonds is 3. The minimum atomic E-state index is -0.753. The predicted octanol–water partition coefficient (Wildman–Crippen LogP) is 0.659. The molecule has 0 aromatic heterocycles. The molecule has 0 bridgehead atoms. The summed E-state index contributed by atoms with van der Waals surface area (Å²) in [6, 6.07) is -0.746. The van der Waals surface area contributed by atoms with Crippen LogP contribution in [0.4, 0.5) is 0 Å². The van der Waals surface area contributed by atoms with Gasteiger partial charge in [-0.15, -0.1) is 0 Å². The standard InChI is InChI=1S/C14H24N2O3S/c1-9(2)8-12-14(18)16(10(3)13(17)15-12)11-4-6-20(19)7-5-11/h9-12H,4-8H2,1-3H3,(H,15,17). The van der Waals surface area contributed by atoms with Gasteiger partial charge in [0.2, 0.25) is 11.8 Å². The summed E-state index contributed by atoms with van der Waals surface area (Å²) in [4.78, 5) is 26.5. The van der Waals surface area contributed by atoms with Gasteiger partial charge in [-0.2, -0.15) is 0 Å². The van der Waals surface area contributed by atoms with Crippen molar-refractivity contribution in [2.75, 3.05) is 11.5 Å². The van der Waals surface area contributed by atoms with Gasteiger partial charge in [-0.05, 0) is 32.1 Å². The zero-order chi connectivity index (χ0) is 14.9. The van der Waals surface area contributed by atoms with Crippen LogP contribution in [0.5, 0.6) is 0 Å². The van der Waals surface area contributed by atoms with Gasteiger partial charge >= 0.3 is 0 Å². The van der Waals surface area contributed by atoms with E-state index in [1.165, 1.54) is 0 Å². The first-order chi connectivity index (χ1) is 9.40. The molecule has 0 radical (unpaired) electrons. The van der Waals surface area contributed by atoms with Gasteiger partial charge in [0.15, 0.2) is 0 Å². The number of nitrogens with one attached hydrogen (secondary N) is 1. The minimum Gasteiger partial charge on any atom is -0.343 e. The molecule has 2 aliphatic rings. The van der Waals surface area contributed by atoms with Gasteiger partial charge in [0.05, 0.1) is 0 Å². The van der Waals surface area contributed by atoms with Crippen LogP contribution in [0.1, 0.15) is 40.0 Å². The summed E-state index contributed by atoms with van der Waals surface area (Å²) in [6.07, 6.45) is 2.15. The van der Waals surface area contributed by atoms with Crippen molar-refractivity contribution < 1.29 is 13.8 Å². The maximum atomic E-state index is 12.6. The SMILES string of the molecule is CC(C)CC1NC(=O)C(C)N(C2CCS(=O)CC2)C1=O. The van der Waals surface area contributed by atoms with Crippen LogP contribution < -0.4 is 5.32 Å². The number of amides is 2. The average Bonchev–Trinajstić information content (AvgIpc) is 2.38. The third kappa shape index (κ3) is 3.22. The Morgan fingerprint density at radius 2 is 1.90 bits per heavy atom. The first-order valence-electron chi connectivity index (χ1n) is 7.37. The third-order valence-corrected chi connectivity index (χ3v) is 5.51. The molecule has 0 saturated carbocycles. The van der Waals surface area contributed by atoms with Crippen LogP contribution >= 0.6 is 0 Å². The highest BCUT2D eigenvalue weighted by Crippen LogP contribution is 2.24. The quantitative estimate of drug-likeness (QED) is 0.832. The first-order valence-corrected chi connectivity index (χ1v) is 8.86. The van der Waals surface area contributed by atoms with E-state index in [2.05, 4.69) is 5.32 Å². The molecule has 2 rings (SSSR count). The van der Waals surface area contributed by atoms with Gasteiger partial charge < -0.3 is 10.2 Å². The molecule has 2 amide bonds. The first kappa shape index (κ1) is 15.5. The third-order valence-electron chi connectivity index (χ3n) is 4.12. The van der Waals surface area contributed by atoms with E-state index in [0.717, 1.165) is 12.8 Å². The van der Waals surface area contributed by atoms with E-state index in [4.69, 9.17) is 0 Å². The number of hydrogen-bond acceptors (Lipinski definition) is 3. The van der Waals surface area contributed by atoms with Gasteiger partial charge in [-0.25, -0.2) is 0 Å². The van der Waals surface area contributed by atoms with Crippen molar-refractivity contribution in [2.24, 2.45) is 5.92 Å². The number of hydrogen-bond donors (Lipinski definition) is 1. The summed E-state index contributed by atoms with van der Waals surface area (Å²) in [5.41, 5.74) is 0. The second kappa shape index (κ2) is 6.24. The van der Waals surface area contributed by atoms with E-state index >= 15 is 0 Å². The molecular formula is C14H24N2O3S. The summed E-state index contributed by atoms with van der Waals surface area (Å²) >= 11 is 0. The van der Waals surface area contributed by atoms with Crippen LogP contribution in [0.15, 0.2) is 0 Å². The fraction of sp³-hybridized carbons (Fsp3) is 0.857. The van der Waals surface area contributed by atoms with Crippen LogP contribution in [-0.4, -0.2) is 50.6 Å². The normalized spacial score (nSPS) is 35.3. The molecule has 6 heteroatoms. The summed E-state index contributed by atoms with van der Waals surface area (Å²) in [6.45, 7) is 5.88. The second-order valence-electron chi connectivity index (χ2n) is 6.19. The largest absolute Gasteiger partial charge is 0.343 e. The monoisotopic (exact) mass is 300 g/mol. The highest BCUT2D eigenvalue weighted by atomic mass is 32.2. The molecule has 2 fully saturated rings. The Morgan fingerprint density at radius 3 is 2.45 bits per heavy atom. The molecule has 20 heavy (non-hydrogen) atoms. The molecule has 2 saturated heterocycles. The van der Waals surface area contributed by atoms with Crippen molar-refractivity contribution in [3.63, 3.8) is 0 Å². The zero-order valence-electron chi connectivity index (χ0n) is 12.4. The van der Waals surface area contributed by atoms with Crippen LogP contribution in [0.2, 0.25) is 0 Å². The molecule has 114 valence electrons. The van der Waals surface area contributed by atoms with Gasteiger partial charge in [0.25, 0.3) is 0 Å². The lowest BCUT2D eigenvalue weighted by Gasteiger charge is -2.43. The second-order valence-corrected chi connectivity index (χ2v) is 7.89. The molecule has 0 aromatic rings. The number of carbonyl (C=O) groups is 2. The zero-order valence-corrected chi connectivity index (χ0v) is 13.2. The molecule has 2 heterocycles. The van der Waals surface area contributed by atoms with Crippen LogP contribution in [0.3, 0.4) is 0 Å². The van der Waals surface area contributed by atoms with Gasteiger partial charge in [0.1, 0.15) is 12.1 Å². The number of carbonyl (C=O) groups excluding carboxylic acids is 2. The van der Waals surface area contributed by atoms with Crippen molar-refractivity contribution in [3.05, 3.63) is 0 Å². The fourth-order valence-corrected chi connectivity index (χ4v) is 4.31. The van der Waals surface area contributed by atoms with E-state index in [9.17, 15) is 13.8 Å².